The van der Waals surface area contributed by atoms with Gasteiger partial charge in [-0.25, -0.2) is 9.50 Å². The first-order valence-corrected chi connectivity index (χ1v) is 8.40. The Kier molecular flexibility index (Phi) is 4.94. The Bertz CT molecular complexity index is 910. The van der Waals surface area contributed by atoms with Crippen molar-refractivity contribution >= 4 is 5.65 Å². The lowest BCUT2D eigenvalue weighted by atomic mass is 10.00. The van der Waals surface area contributed by atoms with Crippen LogP contribution in [0, 0.1) is 23.2 Å². The predicted molar refractivity (Wildman–Crippen MR) is 95.0 cm³/mol. The summed E-state index contributed by atoms with van der Waals surface area (Å²) in [5, 5.41) is 13.7. The highest BCUT2D eigenvalue weighted by molar-refractivity contribution is 5.61. The Balaban J connectivity index is 1.85. The summed E-state index contributed by atoms with van der Waals surface area (Å²) in [7, 11) is 0. The molecule has 0 unspecified atom stereocenters. The van der Waals surface area contributed by atoms with Gasteiger partial charge in [-0.1, -0.05) is 20.8 Å². The topological polar surface area (TPSA) is 76.1 Å². The molecule has 0 aliphatic heterocycles. The monoisotopic (exact) mass is 335 g/mol. The van der Waals surface area contributed by atoms with Crippen molar-refractivity contribution in [3.8, 4) is 23.2 Å². The van der Waals surface area contributed by atoms with Gasteiger partial charge in [0.25, 0.3) is 0 Å². The molecule has 1 atom stereocenters. The lowest BCUT2D eigenvalue weighted by molar-refractivity contribution is 0.238. The van der Waals surface area contributed by atoms with E-state index in [1.54, 1.807) is 29.2 Å². The Morgan fingerprint density at radius 3 is 2.80 bits per heavy atom. The summed E-state index contributed by atoms with van der Waals surface area (Å²) in [6.45, 7) is 7.11. The van der Waals surface area contributed by atoms with Crippen LogP contribution in [0.2, 0.25) is 0 Å². The molecule has 0 bridgehead atoms. The fourth-order valence-electron chi connectivity index (χ4n) is 2.92. The van der Waals surface area contributed by atoms with Crippen molar-refractivity contribution in [2.75, 3.05) is 6.61 Å². The van der Waals surface area contributed by atoms with E-state index in [-0.39, 0.29) is 0 Å². The van der Waals surface area contributed by atoms with E-state index in [4.69, 9.17) is 4.74 Å². The van der Waals surface area contributed by atoms with Crippen LogP contribution in [-0.4, -0.2) is 26.2 Å². The molecule has 0 spiro atoms. The Morgan fingerprint density at radius 2 is 2.04 bits per heavy atom. The van der Waals surface area contributed by atoms with E-state index in [0.29, 0.717) is 35.4 Å². The number of fused-ring (bicyclic) bond motifs is 1. The number of aromatic nitrogens is 4. The molecule has 0 N–H and O–H groups in total. The quantitative estimate of drug-likeness (QED) is 0.686. The number of rotatable bonds is 6. The molecule has 0 amide bonds. The minimum absolute atomic E-state index is 0.426. The van der Waals surface area contributed by atoms with Crippen LogP contribution in [0.4, 0.5) is 0 Å². The van der Waals surface area contributed by atoms with E-state index in [2.05, 4.69) is 41.9 Å². The average Bonchev–Trinajstić information content (AvgIpc) is 3.08. The van der Waals surface area contributed by atoms with Crippen LogP contribution in [-0.2, 0) is 0 Å². The summed E-state index contributed by atoms with van der Waals surface area (Å²) in [6.07, 6.45) is 6.09. The number of hydrogen-bond acceptors (Lipinski definition) is 5. The van der Waals surface area contributed by atoms with Gasteiger partial charge in [0.15, 0.2) is 11.4 Å². The largest absolute Gasteiger partial charge is 0.490 e. The first kappa shape index (κ1) is 16.9. The summed E-state index contributed by atoms with van der Waals surface area (Å²) >= 11 is 0. The number of pyridine rings is 1. The Hall–Kier alpha value is -2.94. The number of ether oxygens (including phenoxy) is 1. The Labute approximate surface area is 147 Å². The van der Waals surface area contributed by atoms with Gasteiger partial charge in [-0.2, -0.15) is 10.4 Å². The fourth-order valence-corrected chi connectivity index (χ4v) is 2.92. The van der Waals surface area contributed by atoms with Gasteiger partial charge in [0.05, 0.1) is 36.0 Å². The van der Waals surface area contributed by atoms with Gasteiger partial charge in [-0.05, 0) is 30.4 Å². The van der Waals surface area contributed by atoms with Crippen molar-refractivity contribution in [2.45, 2.75) is 27.2 Å². The van der Waals surface area contributed by atoms with E-state index in [1.807, 2.05) is 12.1 Å². The van der Waals surface area contributed by atoms with Crippen LogP contribution in [0.3, 0.4) is 0 Å². The van der Waals surface area contributed by atoms with E-state index in [1.165, 1.54) is 0 Å². The minimum atomic E-state index is 0.426. The molecular formula is C19H21N5O. The molecule has 6 heteroatoms. The summed E-state index contributed by atoms with van der Waals surface area (Å²) < 4.78 is 7.54. The summed E-state index contributed by atoms with van der Waals surface area (Å²) in [6, 6.07) is 7.59. The van der Waals surface area contributed by atoms with E-state index < -0.39 is 0 Å². The molecule has 0 fully saturated rings. The maximum Gasteiger partial charge on any atom is 0.155 e. The van der Waals surface area contributed by atoms with Gasteiger partial charge < -0.3 is 4.74 Å². The molecule has 25 heavy (non-hydrogen) atoms. The Morgan fingerprint density at radius 1 is 1.20 bits per heavy atom. The van der Waals surface area contributed by atoms with Gasteiger partial charge in [0, 0.05) is 12.3 Å². The highest BCUT2D eigenvalue weighted by Gasteiger charge is 2.13. The van der Waals surface area contributed by atoms with Crippen LogP contribution in [0.25, 0.3) is 17.0 Å². The third-order valence-corrected chi connectivity index (χ3v) is 3.94. The number of nitrogens with zero attached hydrogens (tertiary/aromatic N) is 5. The molecule has 6 nitrogen and oxygen atoms in total. The van der Waals surface area contributed by atoms with Crippen LogP contribution >= 0.6 is 0 Å². The molecule has 0 radical (unpaired) electrons. The van der Waals surface area contributed by atoms with Crippen molar-refractivity contribution < 1.29 is 4.74 Å². The van der Waals surface area contributed by atoms with Crippen LogP contribution < -0.4 is 4.74 Å². The molecule has 0 aromatic carbocycles. The minimum Gasteiger partial charge on any atom is -0.490 e. The number of hydrogen-bond donors (Lipinski definition) is 0. The zero-order chi connectivity index (χ0) is 17.8. The molecule has 3 rings (SSSR count). The smallest absolute Gasteiger partial charge is 0.155 e. The maximum atomic E-state index is 9.48. The molecule has 0 saturated carbocycles. The third-order valence-electron chi connectivity index (χ3n) is 3.94. The zero-order valence-electron chi connectivity index (χ0n) is 14.7. The van der Waals surface area contributed by atoms with Crippen molar-refractivity contribution in [3.05, 3.63) is 42.4 Å². The molecule has 0 saturated heterocycles. The van der Waals surface area contributed by atoms with Gasteiger partial charge >= 0.3 is 0 Å². The lowest BCUT2D eigenvalue weighted by Gasteiger charge is -2.15. The average molecular weight is 335 g/mol. The van der Waals surface area contributed by atoms with Crippen LogP contribution in [0.15, 0.2) is 36.8 Å². The SMILES string of the molecule is CC(C)C[C@@H](C)COc1cnc(-c2ccnc3ccnn23)cc1C#N. The van der Waals surface area contributed by atoms with Crippen molar-refractivity contribution in [3.63, 3.8) is 0 Å². The van der Waals surface area contributed by atoms with Crippen LogP contribution in [0.5, 0.6) is 5.75 Å². The van der Waals surface area contributed by atoms with E-state index in [0.717, 1.165) is 17.8 Å². The second kappa shape index (κ2) is 7.31. The van der Waals surface area contributed by atoms with Gasteiger partial charge in [-0.3, -0.25) is 4.98 Å². The zero-order valence-corrected chi connectivity index (χ0v) is 14.7. The second-order valence-electron chi connectivity index (χ2n) is 6.65. The van der Waals surface area contributed by atoms with Gasteiger partial charge in [-0.15, -0.1) is 0 Å². The second-order valence-corrected chi connectivity index (χ2v) is 6.65. The van der Waals surface area contributed by atoms with E-state index >= 15 is 0 Å². The van der Waals surface area contributed by atoms with Crippen LogP contribution in [0.1, 0.15) is 32.8 Å². The summed E-state index contributed by atoms with van der Waals surface area (Å²) in [5.74, 6) is 1.57. The lowest BCUT2D eigenvalue weighted by Crippen LogP contribution is -2.12. The van der Waals surface area contributed by atoms with Crippen molar-refractivity contribution in [1.82, 2.24) is 19.6 Å². The first-order valence-electron chi connectivity index (χ1n) is 8.40. The molecule has 3 aromatic rings. The molecule has 0 aliphatic rings. The first-order chi connectivity index (χ1) is 12.1. The van der Waals surface area contributed by atoms with Gasteiger partial charge in [0.1, 0.15) is 6.07 Å². The molecular weight excluding hydrogens is 314 g/mol. The molecule has 3 heterocycles. The summed E-state index contributed by atoms with van der Waals surface area (Å²) in [5.41, 5.74) is 2.65. The fraction of sp³-hybridized carbons (Fsp3) is 0.368. The maximum absolute atomic E-state index is 9.48. The summed E-state index contributed by atoms with van der Waals surface area (Å²) in [4.78, 5) is 8.70. The normalized spacial score (nSPS) is 12.3. The molecule has 128 valence electrons. The standard InChI is InChI=1S/C19H21N5O/c1-13(2)8-14(3)12-25-18-11-22-16(9-15(18)10-20)17-4-6-21-19-5-7-23-24(17)19/h4-7,9,11,13-14H,8,12H2,1-3H3/t14-/m1/s1. The predicted octanol–water partition coefficient (Wildman–Crippen LogP) is 3.72. The highest BCUT2D eigenvalue weighted by atomic mass is 16.5. The highest BCUT2D eigenvalue weighted by Crippen LogP contribution is 2.24. The van der Waals surface area contributed by atoms with Crippen molar-refractivity contribution in [1.29, 1.82) is 5.26 Å². The third kappa shape index (κ3) is 3.77. The van der Waals surface area contributed by atoms with E-state index in [9.17, 15) is 5.26 Å². The molecule has 3 aromatic heterocycles. The molecule has 0 aliphatic carbocycles. The number of nitriles is 1. The van der Waals surface area contributed by atoms with Gasteiger partial charge in [0.2, 0.25) is 0 Å². The van der Waals surface area contributed by atoms with Crippen molar-refractivity contribution in [2.24, 2.45) is 11.8 Å².